The summed E-state index contributed by atoms with van der Waals surface area (Å²) < 4.78 is 5.58. The summed E-state index contributed by atoms with van der Waals surface area (Å²) in [7, 11) is 0. The van der Waals surface area contributed by atoms with E-state index in [2.05, 4.69) is 11.8 Å². The number of carbonyl (C=O) groups excluding carboxylic acids is 1. The van der Waals surface area contributed by atoms with Gasteiger partial charge in [-0.15, -0.1) is 0 Å². The van der Waals surface area contributed by atoms with Crippen molar-refractivity contribution in [1.82, 2.24) is 4.90 Å². The van der Waals surface area contributed by atoms with Gasteiger partial charge in [-0.2, -0.15) is 0 Å². The normalized spacial score (nSPS) is 15.1. The molecule has 3 aromatic carbocycles. The van der Waals surface area contributed by atoms with E-state index in [1.165, 1.54) is 0 Å². The predicted octanol–water partition coefficient (Wildman–Crippen LogP) is 5.63. The van der Waals surface area contributed by atoms with Crippen molar-refractivity contribution in [2.24, 2.45) is 0 Å². The number of halogens is 1. The second kappa shape index (κ2) is 8.86. The quantitative estimate of drug-likeness (QED) is 0.521. The molecule has 4 heteroatoms. The average molecular weight is 402 g/mol. The third kappa shape index (κ3) is 4.62. The molecule has 1 atom stereocenters. The molecular weight excluding hydrogens is 382 g/mol. The van der Waals surface area contributed by atoms with E-state index in [1.807, 2.05) is 78.9 Å². The van der Waals surface area contributed by atoms with Gasteiger partial charge in [-0.25, -0.2) is 4.79 Å². The molecule has 1 aliphatic rings. The Balaban J connectivity index is 1.61. The smallest absolute Gasteiger partial charge is 0.411 e. The standard InChI is InChI=1S/C25H20ClNO2/c26-22-13-12-21-15-16-27(25(28)29-18-20-9-5-2-6-10-20)24(23(21)17-22)14-11-19-7-3-1-4-8-19/h1-10,12-13,17,24H,15-16,18H2/t24-/m0/s1. The minimum absolute atomic E-state index is 0.234. The molecule has 1 heterocycles. The van der Waals surface area contributed by atoms with Crippen LogP contribution in [-0.4, -0.2) is 17.5 Å². The molecule has 29 heavy (non-hydrogen) atoms. The molecule has 0 bridgehead atoms. The lowest BCUT2D eigenvalue weighted by Crippen LogP contribution is -2.39. The molecule has 0 aromatic heterocycles. The molecule has 0 unspecified atom stereocenters. The summed E-state index contributed by atoms with van der Waals surface area (Å²) in [6, 6.07) is 24.8. The maximum atomic E-state index is 12.9. The molecule has 3 aromatic rings. The van der Waals surface area contributed by atoms with Gasteiger partial charge in [0.15, 0.2) is 0 Å². The summed E-state index contributed by atoms with van der Waals surface area (Å²) >= 11 is 6.24. The number of fused-ring (bicyclic) bond motifs is 1. The Morgan fingerprint density at radius 2 is 1.76 bits per heavy atom. The first kappa shape index (κ1) is 19.1. The van der Waals surface area contributed by atoms with Gasteiger partial charge in [-0.1, -0.05) is 78.0 Å². The second-order valence-corrected chi connectivity index (χ2v) is 7.30. The fourth-order valence-electron chi connectivity index (χ4n) is 3.41. The lowest BCUT2D eigenvalue weighted by Gasteiger charge is -2.33. The van der Waals surface area contributed by atoms with Crippen LogP contribution in [-0.2, 0) is 17.8 Å². The first-order chi connectivity index (χ1) is 14.2. The molecule has 0 spiro atoms. The Morgan fingerprint density at radius 3 is 2.52 bits per heavy atom. The van der Waals surface area contributed by atoms with Crippen LogP contribution in [0.15, 0.2) is 78.9 Å². The molecule has 0 fully saturated rings. The number of benzene rings is 3. The van der Waals surface area contributed by atoms with Gasteiger partial charge in [0.1, 0.15) is 12.6 Å². The van der Waals surface area contributed by atoms with Crippen molar-refractivity contribution >= 4 is 17.7 Å². The van der Waals surface area contributed by atoms with Crippen LogP contribution in [0.5, 0.6) is 0 Å². The number of carbonyl (C=O) groups is 1. The SMILES string of the molecule is O=C(OCc1ccccc1)N1CCc2ccc(Cl)cc2[C@@H]1C#Cc1ccccc1. The summed E-state index contributed by atoms with van der Waals surface area (Å²) in [6.07, 6.45) is 0.378. The van der Waals surface area contributed by atoms with Crippen molar-refractivity contribution in [1.29, 1.82) is 0 Å². The van der Waals surface area contributed by atoms with Crippen LogP contribution in [0, 0.1) is 11.8 Å². The highest BCUT2D eigenvalue weighted by atomic mass is 35.5. The Labute approximate surface area is 175 Å². The summed E-state index contributed by atoms with van der Waals surface area (Å²) in [5.74, 6) is 6.46. The van der Waals surface area contributed by atoms with Crippen LogP contribution in [0.1, 0.15) is 28.3 Å². The van der Waals surface area contributed by atoms with Crippen LogP contribution in [0.3, 0.4) is 0 Å². The minimum atomic E-state index is -0.402. The molecule has 0 saturated carbocycles. The number of rotatable bonds is 2. The Morgan fingerprint density at radius 1 is 1.03 bits per heavy atom. The van der Waals surface area contributed by atoms with Crippen LogP contribution >= 0.6 is 11.6 Å². The topological polar surface area (TPSA) is 29.5 Å². The van der Waals surface area contributed by atoms with Gasteiger partial charge in [0.25, 0.3) is 0 Å². The molecule has 1 aliphatic heterocycles. The van der Waals surface area contributed by atoms with E-state index in [-0.39, 0.29) is 12.7 Å². The highest BCUT2D eigenvalue weighted by molar-refractivity contribution is 6.30. The third-order valence-electron chi connectivity index (χ3n) is 4.90. The molecule has 4 rings (SSSR count). The highest BCUT2D eigenvalue weighted by Gasteiger charge is 2.31. The summed E-state index contributed by atoms with van der Waals surface area (Å²) in [4.78, 5) is 14.6. The van der Waals surface area contributed by atoms with Crippen molar-refractivity contribution in [2.75, 3.05) is 6.54 Å². The van der Waals surface area contributed by atoms with Gasteiger partial charge in [0, 0.05) is 17.1 Å². The Hall–Kier alpha value is -3.22. The van der Waals surface area contributed by atoms with E-state index in [9.17, 15) is 4.79 Å². The van der Waals surface area contributed by atoms with Crippen molar-refractivity contribution in [3.63, 3.8) is 0 Å². The first-order valence-electron chi connectivity index (χ1n) is 9.53. The number of nitrogens with zero attached hydrogens (tertiary/aromatic N) is 1. The first-order valence-corrected chi connectivity index (χ1v) is 9.91. The van der Waals surface area contributed by atoms with E-state index in [1.54, 1.807) is 4.90 Å². The van der Waals surface area contributed by atoms with Crippen molar-refractivity contribution in [3.8, 4) is 11.8 Å². The average Bonchev–Trinajstić information content (AvgIpc) is 2.77. The monoisotopic (exact) mass is 401 g/mol. The van der Waals surface area contributed by atoms with Gasteiger partial charge >= 0.3 is 6.09 Å². The molecule has 3 nitrogen and oxygen atoms in total. The fourth-order valence-corrected chi connectivity index (χ4v) is 3.59. The van der Waals surface area contributed by atoms with Crippen LogP contribution in [0.25, 0.3) is 0 Å². The van der Waals surface area contributed by atoms with E-state index in [0.29, 0.717) is 11.6 Å². The molecular formula is C25H20ClNO2. The third-order valence-corrected chi connectivity index (χ3v) is 5.14. The summed E-state index contributed by atoms with van der Waals surface area (Å²) in [5, 5.41) is 0.634. The van der Waals surface area contributed by atoms with Crippen LogP contribution in [0.2, 0.25) is 5.02 Å². The highest BCUT2D eigenvalue weighted by Crippen LogP contribution is 2.32. The van der Waals surface area contributed by atoms with Gasteiger partial charge < -0.3 is 4.74 Å². The van der Waals surface area contributed by atoms with Crippen molar-refractivity contribution in [3.05, 3.63) is 106 Å². The predicted molar refractivity (Wildman–Crippen MR) is 115 cm³/mol. The zero-order valence-electron chi connectivity index (χ0n) is 15.8. The van der Waals surface area contributed by atoms with Gasteiger partial charge in [-0.05, 0) is 47.4 Å². The largest absolute Gasteiger partial charge is 0.445 e. The second-order valence-electron chi connectivity index (χ2n) is 6.86. The van der Waals surface area contributed by atoms with Gasteiger partial charge in [-0.3, -0.25) is 4.90 Å². The zero-order valence-corrected chi connectivity index (χ0v) is 16.6. The molecule has 0 aliphatic carbocycles. The van der Waals surface area contributed by atoms with Crippen molar-refractivity contribution in [2.45, 2.75) is 19.1 Å². The lowest BCUT2D eigenvalue weighted by atomic mass is 9.93. The van der Waals surface area contributed by atoms with E-state index >= 15 is 0 Å². The van der Waals surface area contributed by atoms with Crippen LogP contribution < -0.4 is 0 Å². The lowest BCUT2D eigenvalue weighted by molar-refractivity contribution is 0.0862. The van der Waals surface area contributed by atoms with E-state index in [0.717, 1.165) is 28.7 Å². The van der Waals surface area contributed by atoms with Gasteiger partial charge in [0.05, 0.1) is 0 Å². The van der Waals surface area contributed by atoms with Crippen molar-refractivity contribution < 1.29 is 9.53 Å². The van der Waals surface area contributed by atoms with E-state index < -0.39 is 6.04 Å². The maximum Gasteiger partial charge on any atom is 0.411 e. The molecule has 144 valence electrons. The molecule has 0 radical (unpaired) electrons. The minimum Gasteiger partial charge on any atom is -0.445 e. The Bertz CT molecular complexity index is 1050. The summed E-state index contributed by atoms with van der Waals surface area (Å²) in [5.41, 5.74) is 3.98. The zero-order chi connectivity index (χ0) is 20.1. The van der Waals surface area contributed by atoms with Crippen LogP contribution in [0.4, 0.5) is 4.79 Å². The molecule has 1 amide bonds. The fraction of sp³-hybridized carbons (Fsp3) is 0.160. The van der Waals surface area contributed by atoms with Gasteiger partial charge in [0.2, 0.25) is 0 Å². The number of hydrogen-bond donors (Lipinski definition) is 0. The number of ether oxygens (including phenoxy) is 1. The van der Waals surface area contributed by atoms with E-state index in [4.69, 9.17) is 16.3 Å². The molecule has 0 saturated heterocycles. The number of amides is 1. The number of hydrogen-bond acceptors (Lipinski definition) is 2. The maximum absolute atomic E-state index is 12.9. The Kier molecular flexibility index (Phi) is 5.84. The summed E-state index contributed by atoms with van der Waals surface area (Å²) in [6.45, 7) is 0.786. The molecule has 0 N–H and O–H groups in total.